The minimum absolute atomic E-state index is 0.117. The molecule has 0 saturated carbocycles. The number of rotatable bonds is 2. The van der Waals surface area contributed by atoms with Crippen molar-refractivity contribution in [1.82, 2.24) is 4.90 Å². The summed E-state index contributed by atoms with van der Waals surface area (Å²) in [6.07, 6.45) is 1.12. The first-order valence-electron chi connectivity index (χ1n) is 6.02. The molecule has 0 radical (unpaired) electrons. The predicted molar refractivity (Wildman–Crippen MR) is 70.5 cm³/mol. The average molecular weight is 244 g/mol. The van der Waals surface area contributed by atoms with Crippen LogP contribution in [0.1, 0.15) is 34.1 Å². The first-order chi connectivity index (χ1) is 7.36. The quantitative estimate of drug-likeness (QED) is 0.804. The van der Waals surface area contributed by atoms with E-state index < -0.39 is 0 Å². The molecule has 2 atom stereocenters. The van der Waals surface area contributed by atoms with Gasteiger partial charge in [-0.2, -0.15) is 11.8 Å². The molecule has 1 aliphatic heterocycles. The molecule has 1 aliphatic rings. The fourth-order valence-corrected chi connectivity index (χ4v) is 2.91. The lowest BCUT2D eigenvalue weighted by molar-refractivity contribution is -0.134. The van der Waals surface area contributed by atoms with Crippen LogP contribution in [0.5, 0.6) is 0 Å². The summed E-state index contributed by atoms with van der Waals surface area (Å²) in [6, 6.07) is -0.381. The van der Waals surface area contributed by atoms with E-state index in [2.05, 4.69) is 6.92 Å². The van der Waals surface area contributed by atoms with Crippen LogP contribution in [-0.2, 0) is 4.79 Å². The van der Waals surface area contributed by atoms with Gasteiger partial charge in [-0.1, -0.05) is 27.7 Å². The highest BCUT2D eigenvalue weighted by Gasteiger charge is 2.33. The van der Waals surface area contributed by atoms with Crippen LogP contribution >= 0.6 is 11.8 Å². The number of nitrogens with two attached hydrogens (primary N) is 1. The number of hydrogen-bond donors (Lipinski definition) is 1. The van der Waals surface area contributed by atoms with E-state index in [4.69, 9.17) is 5.73 Å². The Balaban J connectivity index is 2.60. The maximum absolute atomic E-state index is 12.2. The Hall–Kier alpha value is -0.220. The predicted octanol–water partition coefficient (Wildman–Crippen LogP) is 1.71. The van der Waals surface area contributed by atoms with Crippen LogP contribution in [0.4, 0.5) is 0 Å². The van der Waals surface area contributed by atoms with Gasteiger partial charge in [0.15, 0.2) is 0 Å². The van der Waals surface area contributed by atoms with Gasteiger partial charge in [0.05, 0.1) is 6.04 Å². The average Bonchev–Trinajstić information content (AvgIpc) is 2.26. The molecule has 0 aromatic rings. The Morgan fingerprint density at radius 2 is 2.19 bits per heavy atom. The fraction of sp³-hybridized carbons (Fsp3) is 0.917. The topological polar surface area (TPSA) is 46.3 Å². The molecule has 1 saturated heterocycles. The number of amides is 1. The molecule has 0 bridgehead atoms. The number of thioether (sulfide) groups is 1. The van der Waals surface area contributed by atoms with E-state index in [1.165, 1.54) is 0 Å². The summed E-state index contributed by atoms with van der Waals surface area (Å²) in [7, 11) is 0. The van der Waals surface area contributed by atoms with Gasteiger partial charge in [0.2, 0.25) is 5.91 Å². The van der Waals surface area contributed by atoms with E-state index in [1.807, 2.05) is 37.4 Å². The molecule has 2 unspecified atom stereocenters. The van der Waals surface area contributed by atoms with E-state index in [9.17, 15) is 4.79 Å². The minimum Gasteiger partial charge on any atom is -0.339 e. The zero-order valence-electron chi connectivity index (χ0n) is 10.8. The van der Waals surface area contributed by atoms with Crippen molar-refractivity contribution in [2.45, 2.75) is 45.4 Å². The molecule has 2 N–H and O–H groups in total. The van der Waals surface area contributed by atoms with Gasteiger partial charge in [0.25, 0.3) is 0 Å². The fourth-order valence-electron chi connectivity index (χ4n) is 1.73. The third-order valence-corrected chi connectivity index (χ3v) is 4.48. The molecular formula is C12H24N2OS. The summed E-state index contributed by atoms with van der Waals surface area (Å²) in [4.78, 5) is 14.1. The van der Waals surface area contributed by atoms with Crippen molar-refractivity contribution in [2.24, 2.45) is 11.1 Å². The Bertz CT molecular complexity index is 250. The molecule has 0 aliphatic carbocycles. The number of carbonyl (C=O) groups excluding carboxylic acids is 1. The van der Waals surface area contributed by atoms with Crippen molar-refractivity contribution in [3.63, 3.8) is 0 Å². The summed E-state index contributed by atoms with van der Waals surface area (Å²) < 4.78 is 0. The number of nitrogens with zero attached hydrogens (tertiary/aromatic N) is 1. The van der Waals surface area contributed by atoms with Crippen molar-refractivity contribution in [3.05, 3.63) is 0 Å². The Labute approximate surface area is 103 Å². The van der Waals surface area contributed by atoms with Crippen molar-refractivity contribution in [2.75, 3.05) is 18.8 Å². The number of hydrogen-bond acceptors (Lipinski definition) is 3. The summed E-state index contributed by atoms with van der Waals surface area (Å²) >= 11 is 1.97. The summed E-state index contributed by atoms with van der Waals surface area (Å²) in [5, 5.41) is 0.588. The van der Waals surface area contributed by atoms with Gasteiger partial charge in [-0.3, -0.25) is 4.79 Å². The van der Waals surface area contributed by atoms with Crippen LogP contribution in [-0.4, -0.2) is 40.9 Å². The smallest absolute Gasteiger partial charge is 0.240 e. The summed E-state index contributed by atoms with van der Waals surface area (Å²) in [5.41, 5.74) is 5.86. The van der Waals surface area contributed by atoms with Crippen LogP contribution in [0.25, 0.3) is 0 Å². The Morgan fingerprint density at radius 3 is 2.69 bits per heavy atom. The third kappa shape index (κ3) is 3.39. The molecule has 3 nitrogen and oxygen atoms in total. The van der Waals surface area contributed by atoms with Crippen LogP contribution < -0.4 is 5.73 Å². The van der Waals surface area contributed by atoms with Gasteiger partial charge < -0.3 is 10.6 Å². The van der Waals surface area contributed by atoms with Crippen LogP contribution in [0.2, 0.25) is 0 Å². The van der Waals surface area contributed by atoms with E-state index in [0.717, 1.165) is 25.3 Å². The zero-order chi connectivity index (χ0) is 12.3. The van der Waals surface area contributed by atoms with Crippen molar-refractivity contribution in [1.29, 1.82) is 0 Å². The Kier molecular flexibility index (Phi) is 4.68. The molecule has 4 heteroatoms. The van der Waals surface area contributed by atoms with Crippen LogP contribution in [0.15, 0.2) is 0 Å². The minimum atomic E-state index is -0.381. The van der Waals surface area contributed by atoms with Crippen molar-refractivity contribution < 1.29 is 4.79 Å². The van der Waals surface area contributed by atoms with E-state index in [0.29, 0.717) is 5.25 Å². The van der Waals surface area contributed by atoms with Crippen LogP contribution in [0.3, 0.4) is 0 Å². The summed E-state index contributed by atoms with van der Waals surface area (Å²) in [5.74, 6) is 1.16. The number of carbonyl (C=O) groups is 1. The van der Waals surface area contributed by atoms with Crippen molar-refractivity contribution in [3.8, 4) is 0 Å². The molecule has 0 aromatic carbocycles. The second kappa shape index (κ2) is 5.41. The highest BCUT2D eigenvalue weighted by atomic mass is 32.2. The molecule has 1 rings (SSSR count). The zero-order valence-corrected chi connectivity index (χ0v) is 11.6. The largest absolute Gasteiger partial charge is 0.339 e. The molecular weight excluding hydrogens is 220 g/mol. The highest BCUT2D eigenvalue weighted by molar-refractivity contribution is 8.00. The SMILES string of the molecule is CCC1CN(C(=O)C(N)C(C)(C)C)CCS1. The van der Waals surface area contributed by atoms with E-state index >= 15 is 0 Å². The lowest BCUT2D eigenvalue weighted by Crippen LogP contribution is -2.53. The van der Waals surface area contributed by atoms with Gasteiger partial charge in [-0.15, -0.1) is 0 Å². The second-order valence-corrected chi connectivity index (χ2v) is 6.94. The van der Waals surface area contributed by atoms with Crippen molar-refractivity contribution >= 4 is 17.7 Å². The maximum atomic E-state index is 12.2. The Morgan fingerprint density at radius 1 is 1.56 bits per heavy atom. The second-order valence-electron chi connectivity index (χ2n) is 5.53. The van der Waals surface area contributed by atoms with E-state index in [1.54, 1.807) is 0 Å². The lowest BCUT2D eigenvalue weighted by atomic mass is 9.86. The third-order valence-electron chi connectivity index (χ3n) is 3.10. The highest BCUT2D eigenvalue weighted by Crippen LogP contribution is 2.24. The van der Waals surface area contributed by atoms with Gasteiger partial charge in [0, 0.05) is 24.1 Å². The molecule has 0 spiro atoms. The van der Waals surface area contributed by atoms with E-state index in [-0.39, 0.29) is 17.4 Å². The first kappa shape index (κ1) is 13.8. The van der Waals surface area contributed by atoms with Crippen LogP contribution in [0, 0.1) is 5.41 Å². The van der Waals surface area contributed by atoms with Gasteiger partial charge in [0.1, 0.15) is 0 Å². The molecule has 1 fully saturated rings. The summed E-state index contributed by atoms with van der Waals surface area (Å²) in [6.45, 7) is 9.95. The molecule has 1 heterocycles. The normalized spacial score (nSPS) is 24.3. The maximum Gasteiger partial charge on any atom is 0.240 e. The lowest BCUT2D eigenvalue weighted by Gasteiger charge is -2.36. The van der Waals surface area contributed by atoms with Gasteiger partial charge >= 0.3 is 0 Å². The van der Waals surface area contributed by atoms with Gasteiger partial charge in [-0.25, -0.2) is 0 Å². The molecule has 0 aromatic heterocycles. The molecule has 94 valence electrons. The first-order valence-corrected chi connectivity index (χ1v) is 7.07. The standard InChI is InChI=1S/C12H24N2OS/c1-5-9-8-14(6-7-16-9)11(15)10(13)12(2,3)4/h9-10H,5-8,13H2,1-4H3. The monoisotopic (exact) mass is 244 g/mol. The van der Waals surface area contributed by atoms with Gasteiger partial charge in [-0.05, 0) is 11.8 Å². The molecule has 16 heavy (non-hydrogen) atoms. The molecule has 1 amide bonds.